The molecule has 108 valence electrons. The van der Waals surface area contributed by atoms with Crippen LogP contribution in [0.5, 0.6) is 0 Å². The van der Waals surface area contributed by atoms with Gasteiger partial charge < -0.3 is 14.6 Å². The van der Waals surface area contributed by atoms with Crippen LogP contribution in [0.2, 0.25) is 0 Å². The quantitative estimate of drug-likeness (QED) is 0.843. The fraction of sp³-hybridized carbons (Fsp3) is 0.600. The van der Waals surface area contributed by atoms with Crippen molar-refractivity contribution in [3.8, 4) is 0 Å². The number of nitrogens with one attached hydrogen (secondary N) is 1. The molecule has 0 bridgehead atoms. The van der Waals surface area contributed by atoms with Gasteiger partial charge in [-0.25, -0.2) is 9.78 Å². The minimum absolute atomic E-state index is 0.0569. The molecule has 20 heavy (non-hydrogen) atoms. The summed E-state index contributed by atoms with van der Waals surface area (Å²) in [4.78, 5) is 16.5. The zero-order valence-corrected chi connectivity index (χ0v) is 12.1. The number of nitrogens with zero attached hydrogens (tertiary/aromatic N) is 2. The van der Waals surface area contributed by atoms with Crippen LogP contribution in [0, 0.1) is 5.92 Å². The van der Waals surface area contributed by atoms with Crippen LogP contribution < -0.4 is 5.32 Å². The van der Waals surface area contributed by atoms with E-state index in [2.05, 4.69) is 14.9 Å². The maximum Gasteiger partial charge on any atom is 0.337 e. The Hall–Kier alpha value is -1.78. The standard InChI is InChI=1S/C15H21N3O2/c1-10-12(14(19)20-2)13(11-6-4-3-5-7-11)18-9-8-16-15(18)17-10/h8-9,11,13H,3-7H2,1-2H3,(H,16,17). The van der Waals surface area contributed by atoms with Crippen molar-refractivity contribution >= 4 is 11.9 Å². The first kappa shape index (κ1) is 13.2. The van der Waals surface area contributed by atoms with Crippen molar-refractivity contribution in [3.05, 3.63) is 23.7 Å². The van der Waals surface area contributed by atoms with Crippen LogP contribution in [-0.4, -0.2) is 22.6 Å². The molecule has 0 saturated heterocycles. The summed E-state index contributed by atoms with van der Waals surface area (Å²) >= 11 is 0. The Kier molecular flexibility index (Phi) is 3.51. The average Bonchev–Trinajstić information content (AvgIpc) is 2.93. The molecule has 1 saturated carbocycles. The number of carbonyl (C=O) groups is 1. The Morgan fingerprint density at radius 3 is 2.85 bits per heavy atom. The fourth-order valence-corrected chi connectivity index (χ4v) is 3.53. The monoisotopic (exact) mass is 275 g/mol. The van der Waals surface area contributed by atoms with E-state index < -0.39 is 0 Å². The van der Waals surface area contributed by atoms with Gasteiger partial charge in [0.2, 0.25) is 5.95 Å². The maximum absolute atomic E-state index is 12.2. The number of anilines is 1. The van der Waals surface area contributed by atoms with Crippen molar-refractivity contribution in [1.82, 2.24) is 9.55 Å². The number of ether oxygens (including phenoxy) is 1. The normalized spacial score (nSPS) is 23.2. The van der Waals surface area contributed by atoms with Gasteiger partial charge in [0.25, 0.3) is 0 Å². The third-order valence-corrected chi connectivity index (χ3v) is 4.47. The number of aromatic nitrogens is 2. The van der Waals surface area contributed by atoms with Gasteiger partial charge >= 0.3 is 5.97 Å². The topological polar surface area (TPSA) is 56.1 Å². The minimum atomic E-state index is -0.232. The number of rotatable bonds is 2. The first-order valence-electron chi connectivity index (χ1n) is 7.31. The molecule has 5 heteroatoms. The first-order chi connectivity index (χ1) is 9.72. The molecule has 1 fully saturated rings. The average molecular weight is 275 g/mol. The molecule has 0 radical (unpaired) electrons. The second-order valence-corrected chi connectivity index (χ2v) is 5.66. The zero-order chi connectivity index (χ0) is 14.1. The Morgan fingerprint density at radius 1 is 1.40 bits per heavy atom. The summed E-state index contributed by atoms with van der Waals surface area (Å²) in [5.74, 6) is 1.08. The lowest BCUT2D eigenvalue weighted by Crippen LogP contribution is -2.33. The Balaban J connectivity index is 2.03. The smallest absolute Gasteiger partial charge is 0.337 e. The molecule has 0 amide bonds. The molecule has 0 aromatic carbocycles. The van der Waals surface area contributed by atoms with Crippen LogP contribution in [0.1, 0.15) is 45.1 Å². The van der Waals surface area contributed by atoms with Gasteiger partial charge in [0, 0.05) is 18.1 Å². The summed E-state index contributed by atoms with van der Waals surface area (Å²) in [5, 5.41) is 3.20. The molecule has 2 aliphatic rings. The van der Waals surface area contributed by atoms with Crippen LogP contribution in [0.4, 0.5) is 5.95 Å². The summed E-state index contributed by atoms with van der Waals surface area (Å²) in [7, 11) is 1.45. The number of esters is 1. The Bertz CT molecular complexity index is 541. The van der Waals surface area contributed by atoms with E-state index in [1.807, 2.05) is 13.1 Å². The molecular weight excluding hydrogens is 254 g/mol. The van der Waals surface area contributed by atoms with Gasteiger partial charge in [0.15, 0.2) is 0 Å². The zero-order valence-electron chi connectivity index (χ0n) is 12.1. The number of carbonyl (C=O) groups excluding carboxylic acids is 1. The number of imidazole rings is 1. The van der Waals surface area contributed by atoms with Crippen molar-refractivity contribution in [3.63, 3.8) is 0 Å². The third kappa shape index (κ3) is 2.11. The van der Waals surface area contributed by atoms with Gasteiger partial charge in [0.1, 0.15) is 0 Å². The highest BCUT2D eigenvalue weighted by atomic mass is 16.5. The van der Waals surface area contributed by atoms with Gasteiger partial charge in [0.05, 0.1) is 18.7 Å². The molecule has 2 heterocycles. The van der Waals surface area contributed by atoms with Crippen molar-refractivity contribution < 1.29 is 9.53 Å². The van der Waals surface area contributed by atoms with E-state index in [4.69, 9.17) is 4.74 Å². The van der Waals surface area contributed by atoms with Crippen molar-refractivity contribution in [1.29, 1.82) is 0 Å². The highest BCUT2D eigenvalue weighted by molar-refractivity contribution is 5.91. The molecule has 1 aromatic rings. The predicted molar refractivity (Wildman–Crippen MR) is 76.2 cm³/mol. The Morgan fingerprint density at radius 2 is 2.15 bits per heavy atom. The molecule has 5 nitrogen and oxygen atoms in total. The lowest BCUT2D eigenvalue weighted by atomic mass is 9.79. The molecule has 1 aliphatic heterocycles. The van der Waals surface area contributed by atoms with E-state index >= 15 is 0 Å². The summed E-state index contributed by atoms with van der Waals surface area (Å²) in [6, 6.07) is 0.0569. The molecule has 1 aliphatic carbocycles. The second-order valence-electron chi connectivity index (χ2n) is 5.66. The van der Waals surface area contributed by atoms with Gasteiger partial charge in [-0.05, 0) is 25.7 Å². The number of fused-ring (bicyclic) bond motifs is 1. The molecular formula is C15H21N3O2. The molecule has 1 unspecified atom stereocenters. The summed E-state index contributed by atoms with van der Waals surface area (Å²) < 4.78 is 7.09. The number of hydrogen-bond donors (Lipinski definition) is 1. The highest BCUT2D eigenvalue weighted by Crippen LogP contribution is 2.42. The third-order valence-electron chi connectivity index (χ3n) is 4.47. The van der Waals surface area contributed by atoms with Gasteiger partial charge in [-0.2, -0.15) is 0 Å². The SMILES string of the molecule is COC(=O)C1=C(C)Nc2nccn2C1C1CCCCC1. The van der Waals surface area contributed by atoms with Gasteiger partial charge in [-0.15, -0.1) is 0 Å². The van der Waals surface area contributed by atoms with E-state index in [0.29, 0.717) is 5.92 Å². The van der Waals surface area contributed by atoms with Gasteiger partial charge in [-0.3, -0.25) is 0 Å². The molecule has 0 spiro atoms. The van der Waals surface area contributed by atoms with Crippen molar-refractivity contribution in [2.24, 2.45) is 5.92 Å². The first-order valence-corrected chi connectivity index (χ1v) is 7.31. The van der Waals surface area contributed by atoms with Crippen LogP contribution >= 0.6 is 0 Å². The van der Waals surface area contributed by atoms with E-state index in [9.17, 15) is 4.79 Å². The van der Waals surface area contributed by atoms with Crippen molar-refractivity contribution in [2.45, 2.75) is 45.1 Å². The molecule has 1 aromatic heterocycles. The molecule has 3 rings (SSSR count). The highest BCUT2D eigenvalue weighted by Gasteiger charge is 2.37. The summed E-state index contributed by atoms with van der Waals surface area (Å²) in [6.45, 7) is 1.93. The molecule has 1 N–H and O–H groups in total. The number of methoxy groups -OCH3 is 1. The fourth-order valence-electron chi connectivity index (χ4n) is 3.53. The van der Waals surface area contributed by atoms with Crippen LogP contribution in [0.15, 0.2) is 23.7 Å². The summed E-state index contributed by atoms with van der Waals surface area (Å²) in [6.07, 6.45) is 9.85. The number of allylic oxidation sites excluding steroid dienone is 1. The van der Waals surface area contributed by atoms with E-state index in [1.54, 1.807) is 6.20 Å². The van der Waals surface area contributed by atoms with E-state index in [1.165, 1.54) is 26.4 Å². The number of hydrogen-bond acceptors (Lipinski definition) is 4. The largest absolute Gasteiger partial charge is 0.466 e. The maximum atomic E-state index is 12.2. The second kappa shape index (κ2) is 5.31. The Labute approximate surface area is 119 Å². The van der Waals surface area contributed by atoms with Crippen molar-refractivity contribution in [2.75, 3.05) is 12.4 Å². The van der Waals surface area contributed by atoms with E-state index in [-0.39, 0.29) is 12.0 Å². The van der Waals surface area contributed by atoms with Crippen LogP contribution in [0.3, 0.4) is 0 Å². The van der Waals surface area contributed by atoms with Crippen LogP contribution in [-0.2, 0) is 9.53 Å². The van der Waals surface area contributed by atoms with Gasteiger partial charge in [-0.1, -0.05) is 19.3 Å². The van der Waals surface area contributed by atoms with Crippen LogP contribution in [0.25, 0.3) is 0 Å². The summed E-state index contributed by atoms with van der Waals surface area (Å²) in [5.41, 5.74) is 1.62. The lowest BCUT2D eigenvalue weighted by Gasteiger charge is -2.36. The predicted octanol–water partition coefficient (Wildman–Crippen LogP) is 2.88. The lowest BCUT2D eigenvalue weighted by molar-refractivity contribution is -0.137. The minimum Gasteiger partial charge on any atom is -0.466 e. The molecule has 1 atom stereocenters. The van der Waals surface area contributed by atoms with E-state index in [0.717, 1.165) is 30.1 Å².